The number of thiazole rings is 1. The van der Waals surface area contributed by atoms with Crippen LogP contribution in [0.2, 0.25) is 0 Å². The predicted octanol–water partition coefficient (Wildman–Crippen LogP) is 2.74. The third-order valence-corrected chi connectivity index (χ3v) is 10.2. The van der Waals surface area contributed by atoms with Gasteiger partial charge in [-0.2, -0.15) is 4.98 Å². The Morgan fingerprint density at radius 1 is 1.15 bits per heavy atom. The van der Waals surface area contributed by atoms with Crippen molar-refractivity contribution < 1.29 is 23.4 Å². The number of aryl methyl sites for hydroxylation is 1. The molecule has 2 fully saturated rings. The van der Waals surface area contributed by atoms with Crippen LogP contribution >= 0.6 is 11.3 Å². The highest BCUT2D eigenvalue weighted by atomic mass is 32.2. The lowest BCUT2D eigenvalue weighted by molar-refractivity contribution is 0.0216. The SMILES string of the molecule is CCOCCNc1nc(C)c(-c2nc3c(C4CC4)nccc3s2)c(NC2CC(CS(=O)(=O)CC)C(O)C2O)n1. The average Bonchev–Trinajstić information content (AvgIpc) is 3.61. The monoisotopic (exact) mass is 576 g/mol. The highest BCUT2D eigenvalue weighted by molar-refractivity contribution is 7.91. The molecule has 0 aromatic carbocycles. The van der Waals surface area contributed by atoms with E-state index in [9.17, 15) is 18.6 Å². The van der Waals surface area contributed by atoms with Crippen LogP contribution in [-0.2, 0) is 14.6 Å². The topological polar surface area (TPSA) is 159 Å². The first-order valence-corrected chi connectivity index (χ1v) is 16.1. The van der Waals surface area contributed by atoms with E-state index in [0.29, 0.717) is 48.7 Å². The smallest absolute Gasteiger partial charge is 0.224 e. The number of hydrogen-bond donors (Lipinski definition) is 4. The number of fused-ring (bicyclic) bond motifs is 1. The molecule has 5 rings (SSSR count). The number of aliphatic hydroxyl groups is 2. The zero-order chi connectivity index (χ0) is 27.7. The second kappa shape index (κ2) is 11.6. The van der Waals surface area contributed by atoms with Gasteiger partial charge in [0.15, 0.2) is 0 Å². The van der Waals surface area contributed by atoms with Crippen LogP contribution in [0, 0.1) is 12.8 Å². The summed E-state index contributed by atoms with van der Waals surface area (Å²) in [6.07, 6.45) is 2.04. The maximum absolute atomic E-state index is 12.2. The van der Waals surface area contributed by atoms with Gasteiger partial charge in [-0.05, 0) is 39.2 Å². The molecule has 3 heterocycles. The molecule has 3 aromatic heterocycles. The molecule has 0 amide bonds. The summed E-state index contributed by atoms with van der Waals surface area (Å²) < 4.78 is 30.9. The summed E-state index contributed by atoms with van der Waals surface area (Å²) in [5.74, 6) is 0.560. The van der Waals surface area contributed by atoms with Crippen LogP contribution in [0.5, 0.6) is 0 Å². The molecule has 0 saturated heterocycles. The molecule has 11 nitrogen and oxygen atoms in total. The minimum absolute atomic E-state index is 0.00819. The molecule has 2 aliphatic carbocycles. The Labute approximate surface area is 232 Å². The van der Waals surface area contributed by atoms with Crippen LogP contribution in [0.15, 0.2) is 12.3 Å². The standard InChI is InChI=1S/C26H36N6O5S2/c1-4-37-11-10-28-26-29-14(3)19(25-31-21-18(38-25)8-9-27-20(21)15-6-7-15)24(32-26)30-17-12-16(22(33)23(17)34)13-39(35,36)5-2/h8-9,15-17,22-23,33-34H,4-7,10-13H2,1-3H3,(H2,28,29,30,32). The van der Waals surface area contributed by atoms with Crippen LogP contribution in [0.1, 0.15) is 50.4 Å². The molecule has 212 valence electrons. The summed E-state index contributed by atoms with van der Waals surface area (Å²) in [6.45, 7) is 7.03. The zero-order valence-electron chi connectivity index (χ0n) is 22.4. The summed E-state index contributed by atoms with van der Waals surface area (Å²) in [5, 5.41) is 28.8. The lowest BCUT2D eigenvalue weighted by atomic mass is 10.1. The van der Waals surface area contributed by atoms with Crippen molar-refractivity contribution in [2.75, 3.05) is 41.9 Å². The number of pyridine rings is 1. The minimum Gasteiger partial charge on any atom is -0.390 e. The van der Waals surface area contributed by atoms with Crippen molar-refractivity contribution >= 4 is 43.2 Å². The fraction of sp³-hybridized carbons (Fsp3) is 0.615. The number of nitrogens with one attached hydrogen (secondary N) is 2. The molecule has 4 atom stereocenters. The molecule has 39 heavy (non-hydrogen) atoms. The maximum Gasteiger partial charge on any atom is 0.224 e. The third-order valence-electron chi connectivity index (χ3n) is 7.37. The van der Waals surface area contributed by atoms with E-state index in [0.717, 1.165) is 33.8 Å². The molecule has 0 radical (unpaired) electrons. The first kappa shape index (κ1) is 28.1. The molecule has 13 heteroatoms. The Hall–Kier alpha value is -2.45. The molecule has 0 spiro atoms. The van der Waals surface area contributed by atoms with Gasteiger partial charge in [-0.25, -0.2) is 18.4 Å². The van der Waals surface area contributed by atoms with Gasteiger partial charge in [-0.1, -0.05) is 6.92 Å². The number of aromatic nitrogens is 4. The van der Waals surface area contributed by atoms with Gasteiger partial charge in [-0.15, -0.1) is 11.3 Å². The average molecular weight is 577 g/mol. The van der Waals surface area contributed by atoms with Gasteiger partial charge in [0.1, 0.15) is 32.3 Å². The van der Waals surface area contributed by atoms with Crippen molar-refractivity contribution in [1.29, 1.82) is 0 Å². The quantitative estimate of drug-likeness (QED) is 0.235. The first-order valence-electron chi connectivity index (χ1n) is 13.5. The van der Waals surface area contributed by atoms with Crippen molar-refractivity contribution in [3.8, 4) is 10.6 Å². The number of anilines is 2. The van der Waals surface area contributed by atoms with Crippen molar-refractivity contribution in [1.82, 2.24) is 19.9 Å². The molecule has 2 saturated carbocycles. The van der Waals surface area contributed by atoms with Gasteiger partial charge in [-0.3, -0.25) is 4.98 Å². The second-order valence-electron chi connectivity index (χ2n) is 10.2. The summed E-state index contributed by atoms with van der Waals surface area (Å²) >= 11 is 1.54. The number of rotatable bonds is 12. The highest BCUT2D eigenvalue weighted by Crippen LogP contribution is 2.44. The van der Waals surface area contributed by atoms with Crippen molar-refractivity contribution in [3.05, 3.63) is 23.7 Å². The minimum atomic E-state index is -3.32. The first-order chi connectivity index (χ1) is 18.7. The van der Waals surface area contributed by atoms with Gasteiger partial charge in [0.05, 0.1) is 46.2 Å². The second-order valence-corrected chi connectivity index (χ2v) is 13.7. The van der Waals surface area contributed by atoms with Gasteiger partial charge in [0.2, 0.25) is 5.95 Å². The van der Waals surface area contributed by atoms with E-state index in [2.05, 4.69) is 20.6 Å². The molecule has 3 aromatic rings. The van der Waals surface area contributed by atoms with Gasteiger partial charge >= 0.3 is 0 Å². The van der Waals surface area contributed by atoms with Crippen LogP contribution < -0.4 is 10.6 Å². The molecule has 4 unspecified atom stereocenters. The van der Waals surface area contributed by atoms with Gasteiger partial charge < -0.3 is 25.6 Å². The summed E-state index contributed by atoms with van der Waals surface area (Å²) in [5.41, 5.74) is 3.32. The Balaban J connectivity index is 1.49. The number of aliphatic hydroxyl groups excluding tert-OH is 2. The van der Waals surface area contributed by atoms with Crippen LogP contribution in [0.25, 0.3) is 20.8 Å². The van der Waals surface area contributed by atoms with Gasteiger partial charge in [0, 0.05) is 36.9 Å². The molecule has 0 aliphatic heterocycles. The van der Waals surface area contributed by atoms with E-state index < -0.39 is 34.0 Å². The van der Waals surface area contributed by atoms with E-state index in [1.54, 1.807) is 6.92 Å². The van der Waals surface area contributed by atoms with Crippen molar-refractivity contribution in [2.45, 2.75) is 64.2 Å². The molecule has 2 aliphatic rings. The fourth-order valence-corrected chi connectivity index (χ4v) is 7.37. The Bertz CT molecular complexity index is 1430. The van der Waals surface area contributed by atoms with Crippen molar-refractivity contribution in [3.63, 3.8) is 0 Å². The van der Waals surface area contributed by atoms with E-state index in [-0.39, 0.29) is 17.9 Å². The lowest BCUT2D eigenvalue weighted by Gasteiger charge is -2.21. The summed E-state index contributed by atoms with van der Waals surface area (Å²) in [6, 6.07) is 1.37. The molecule has 4 N–H and O–H groups in total. The number of nitrogens with zero attached hydrogens (tertiary/aromatic N) is 4. The summed E-state index contributed by atoms with van der Waals surface area (Å²) in [7, 11) is -3.32. The van der Waals surface area contributed by atoms with Crippen LogP contribution in [-0.4, -0.2) is 88.1 Å². The molecule has 0 bridgehead atoms. The number of ether oxygens (including phenoxy) is 1. The van der Waals surface area contributed by atoms with E-state index in [1.807, 2.05) is 26.1 Å². The van der Waals surface area contributed by atoms with E-state index in [4.69, 9.17) is 14.7 Å². The van der Waals surface area contributed by atoms with Gasteiger partial charge in [0.25, 0.3) is 0 Å². The fourth-order valence-electron chi connectivity index (χ4n) is 5.08. The third kappa shape index (κ3) is 6.17. The number of sulfone groups is 1. The lowest BCUT2D eigenvalue weighted by Crippen LogP contribution is -2.36. The van der Waals surface area contributed by atoms with E-state index in [1.165, 1.54) is 11.3 Å². The molecular formula is C26H36N6O5S2. The predicted molar refractivity (Wildman–Crippen MR) is 152 cm³/mol. The van der Waals surface area contributed by atoms with Crippen LogP contribution in [0.4, 0.5) is 11.8 Å². The van der Waals surface area contributed by atoms with E-state index >= 15 is 0 Å². The van der Waals surface area contributed by atoms with Crippen LogP contribution in [0.3, 0.4) is 0 Å². The van der Waals surface area contributed by atoms with Crippen molar-refractivity contribution in [2.24, 2.45) is 5.92 Å². The largest absolute Gasteiger partial charge is 0.390 e. The maximum atomic E-state index is 12.2. The normalized spacial score (nSPS) is 23.4. The Morgan fingerprint density at radius 2 is 1.95 bits per heavy atom. The zero-order valence-corrected chi connectivity index (χ0v) is 24.1. The highest BCUT2D eigenvalue weighted by Gasteiger charge is 2.43. The Kier molecular flexibility index (Phi) is 8.34. The number of hydrogen-bond acceptors (Lipinski definition) is 12. The molecular weight excluding hydrogens is 540 g/mol. The Morgan fingerprint density at radius 3 is 2.67 bits per heavy atom. The summed E-state index contributed by atoms with van der Waals surface area (Å²) in [4.78, 5) is 19.0.